The quantitative estimate of drug-likeness (QED) is 0.828. The number of amides is 1. The zero-order chi connectivity index (χ0) is 12.4. The summed E-state index contributed by atoms with van der Waals surface area (Å²) < 4.78 is 1.96. The Morgan fingerprint density at radius 3 is 2.88 bits per heavy atom. The van der Waals surface area contributed by atoms with Crippen LogP contribution < -0.4 is 0 Å². The minimum atomic E-state index is -0.874. The number of aliphatic carboxylic acids is 1. The Hall–Kier alpha value is -1.78. The molecule has 1 unspecified atom stereocenters. The summed E-state index contributed by atoms with van der Waals surface area (Å²) >= 11 is 0. The van der Waals surface area contributed by atoms with E-state index in [4.69, 9.17) is 5.11 Å². The van der Waals surface area contributed by atoms with Gasteiger partial charge in [0.05, 0.1) is 5.92 Å². The molecule has 0 radical (unpaired) electrons. The molecule has 1 aromatic rings. The first-order valence-electron chi connectivity index (χ1n) is 5.67. The summed E-state index contributed by atoms with van der Waals surface area (Å²) in [4.78, 5) is 24.0. The number of carbonyl (C=O) groups excluding carboxylic acids is 1. The summed E-state index contributed by atoms with van der Waals surface area (Å²) in [6, 6.07) is 2.01. The van der Waals surface area contributed by atoms with Crippen LogP contribution in [0.3, 0.4) is 0 Å². The van der Waals surface area contributed by atoms with Crippen LogP contribution in [0.25, 0.3) is 0 Å². The molecule has 0 saturated carbocycles. The van der Waals surface area contributed by atoms with Gasteiger partial charge in [-0.15, -0.1) is 0 Å². The number of hydrogen-bond acceptors (Lipinski definition) is 2. The average molecular weight is 236 g/mol. The molecule has 1 aromatic heterocycles. The SMILES string of the molecule is Cn1ccc(CCN2CC(C(=O)O)CC2=O)c1. The summed E-state index contributed by atoms with van der Waals surface area (Å²) in [6.45, 7) is 0.952. The Balaban J connectivity index is 1.88. The van der Waals surface area contributed by atoms with E-state index in [-0.39, 0.29) is 12.3 Å². The van der Waals surface area contributed by atoms with E-state index < -0.39 is 11.9 Å². The lowest BCUT2D eigenvalue weighted by Crippen LogP contribution is -2.28. The van der Waals surface area contributed by atoms with Crippen molar-refractivity contribution in [1.29, 1.82) is 0 Å². The lowest BCUT2D eigenvalue weighted by atomic mass is 10.1. The van der Waals surface area contributed by atoms with Gasteiger partial charge in [0, 0.05) is 39.0 Å². The highest BCUT2D eigenvalue weighted by atomic mass is 16.4. The second-order valence-corrected chi connectivity index (χ2v) is 4.51. The van der Waals surface area contributed by atoms with Gasteiger partial charge in [-0.25, -0.2) is 0 Å². The molecular formula is C12H16N2O3. The molecule has 92 valence electrons. The summed E-state index contributed by atoms with van der Waals surface area (Å²) in [5.41, 5.74) is 1.17. The molecule has 1 aliphatic heterocycles. The van der Waals surface area contributed by atoms with Gasteiger partial charge in [0.15, 0.2) is 0 Å². The lowest BCUT2D eigenvalue weighted by Gasteiger charge is -2.15. The fourth-order valence-electron chi connectivity index (χ4n) is 2.13. The van der Waals surface area contributed by atoms with E-state index in [0.29, 0.717) is 13.1 Å². The number of carboxylic acids is 1. The Bertz CT molecular complexity index is 439. The van der Waals surface area contributed by atoms with Crippen LogP contribution in [-0.4, -0.2) is 39.5 Å². The van der Waals surface area contributed by atoms with Crippen molar-refractivity contribution < 1.29 is 14.7 Å². The second kappa shape index (κ2) is 4.61. The maximum Gasteiger partial charge on any atom is 0.308 e. The normalized spacial score (nSPS) is 19.9. The molecule has 0 aliphatic carbocycles. The van der Waals surface area contributed by atoms with Gasteiger partial charge in [-0.1, -0.05) is 0 Å². The Morgan fingerprint density at radius 1 is 1.59 bits per heavy atom. The van der Waals surface area contributed by atoms with Crippen molar-refractivity contribution in [3.05, 3.63) is 24.0 Å². The van der Waals surface area contributed by atoms with E-state index in [2.05, 4.69) is 0 Å². The predicted octanol–water partition coefficient (Wildman–Crippen LogP) is 0.501. The summed E-state index contributed by atoms with van der Waals surface area (Å²) in [5.74, 6) is -1.45. The highest BCUT2D eigenvalue weighted by Crippen LogP contribution is 2.18. The molecule has 0 spiro atoms. The third-order valence-electron chi connectivity index (χ3n) is 3.13. The molecule has 2 heterocycles. The number of carboxylic acid groups (broad SMARTS) is 1. The van der Waals surface area contributed by atoms with Gasteiger partial charge in [-0.2, -0.15) is 0 Å². The molecule has 1 atom stereocenters. The average Bonchev–Trinajstić information content (AvgIpc) is 2.82. The van der Waals surface area contributed by atoms with Crippen molar-refractivity contribution in [3.8, 4) is 0 Å². The van der Waals surface area contributed by atoms with E-state index in [0.717, 1.165) is 6.42 Å². The molecule has 1 aliphatic rings. The van der Waals surface area contributed by atoms with Gasteiger partial charge >= 0.3 is 5.97 Å². The topological polar surface area (TPSA) is 62.5 Å². The molecule has 5 heteroatoms. The van der Waals surface area contributed by atoms with Crippen molar-refractivity contribution >= 4 is 11.9 Å². The number of hydrogen-bond donors (Lipinski definition) is 1. The van der Waals surface area contributed by atoms with Crippen LogP contribution in [0.15, 0.2) is 18.5 Å². The first-order valence-corrected chi connectivity index (χ1v) is 5.67. The number of rotatable bonds is 4. The summed E-state index contributed by atoms with van der Waals surface area (Å²) in [6.07, 6.45) is 4.89. The van der Waals surface area contributed by atoms with Crippen LogP contribution >= 0.6 is 0 Å². The number of aromatic nitrogens is 1. The van der Waals surface area contributed by atoms with E-state index >= 15 is 0 Å². The summed E-state index contributed by atoms with van der Waals surface area (Å²) in [5, 5.41) is 8.86. The van der Waals surface area contributed by atoms with E-state index in [1.165, 1.54) is 5.56 Å². The van der Waals surface area contributed by atoms with Gasteiger partial charge in [-0.3, -0.25) is 9.59 Å². The van der Waals surface area contributed by atoms with Crippen molar-refractivity contribution in [3.63, 3.8) is 0 Å². The minimum absolute atomic E-state index is 0.0478. The molecular weight excluding hydrogens is 220 g/mol. The Labute approximate surface area is 99.6 Å². The Kier molecular flexibility index (Phi) is 3.17. The van der Waals surface area contributed by atoms with Crippen LogP contribution in [0, 0.1) is 5.92 Å². The van der Waals surface area contributed by atoms with Crippen LogP contribution in [0.4, 0.5) is 0 Å². The largest absolute Gasteiger partial charge is 0.481 e. The van der Waals surface area contributed by atoms with Crippen molar-refractivity contribution in [1.82, 2.24) is 9.47 Å². The molecule has 5 nitrogen and oxygen atoms in total. The number of carbonyl (C=O) groups is 2. The van der Waals surface area contributed by atoms with Crippen LogP contribution in [0.2, 0.25) is 0 Å². The monoisotopic (exact) mass is 236 g/mol. The number of aryl methyl sites for hydroxylation is 1. The lowest BCUT2D eigenvalue weighted by molar-refractivity contribution is -0.141. The molecule has 1 saturated heterocycles. The summed E-state index contributed by atoms with van der Waals surface area (Å²) in [7, 11) is 1.95. The highest BCUT2D eigenvalue weighted by Gasteiger charge is 2.33. The van der Waals surface area contributed by atoms with E-state index in [1.54, 1.807) is 4.90 Å². The first kappa shape index (κ1) is 11.7. The van der Waals surface area contributed by atoms with Crippen LogP contribution in [0.5, 0.6) is 0 Å². The van der Waals surface area contributed by atoms with Gasteiger partial charge in [0.1, 0.15) is 0 Å². The zero-order valence-corrected chi connectivity index (χ0v) is 9.80. The third kappa shape index (κ3) is 2.67. The predicted molar refractivity (Wildman–Crippen MR) is 61.4 cm³/mol. The molecule has 0 bridgehead atoms. The molecule has 2 rings (SSSR count). The molecule has 1 amide bonds. The number of nitrogens with zero attached hydrogens (tertiary/aromatic N) is 2. The maximum atomic E-state index is 11.6. The van der Waals surface area contributed by atoms with Crippen molar-refractivity contribution in [2.24, 2.45) is 13.0 Å². The first-order chi connectivity index (χ1) is 8.06. The standard InChI is InChI=1S/C12H16N2O3/c1-13-4-2-9(7-13)3-5-14-8-10(12(16)17)6-11(14)15/h2,4,7,10H,3,5-6,8H2,1H3,(H,16,17). The Morgan fingerprint density at radius 2 is 2.35 bits per heavy atom. The smallest absolute Gasteiger partial charge is 0.308 e. The van der Waals surface area contributed by atoms with Crippen molar-refractivity contribution in [2.75, 3.05) is 13.1 Å². The third-order valence-corrected chi connectivity index (χ3v) is 3.13. The van der Waals surface area contributed by atoms with E-state index in [1.807, 2.05) is 30.1 Å². The fraction of sp³-hybridized carbons (Fsp3) is 0.500. The highest BCUT2D eigenvalue weighted by molar-refractivity contribution is 5.86. The van der Waals surface area contributed by atoms with Crippen LogP contribution in [0.1, 0.15) is 12.0 Å². The number of likely N-dealkylation sites (tertiary alicyclic amines) is 1. The fourth-order valence-corrected chi connectivity index (χ4v) is 2.13. The zero-order valence-electron chi connectivity index (χ0n) is 9.80. The molecule has 1 fully saturated rings. The van der Waals surface area contributed by atoms with Gasteiger partial charge in [-0.05, 0) is 18.1 Å². The molecule has 17 heavy (non-hydrogen) atoms. The molecule has 0 aromatic carbocycles. The van der Waals surface area contributed by atoms with Gasteiger partial charge < -0.3 is 14.6 Å². The second-order valence-electron chi connectivity index (χ2n) is 4.51. The van der Waals surface area contributed by atoms with Gasteiger partial charge in [0.25, 0.3) is 0 Å². The van der Waals surface area contributed by atoms with Crippen molar-refractivity contribution in [2.45, 2.75) is 12.8 Å². The van der Waals surface area contributed by atoms with Crippen LogP contribution in [-0.2, 0) is 23.1 Å². The maximum absolute atomic E-state index is 11.6. The minimum Gasteiger partial charge on any atom is -0.481 e. The molecule has 1 N–H and O–H groups in total. The van der Waals surface area contributed by atoms with E-state index in [9.17, 15) is 9.59 Å². The van der Waals surface area contributed by atoms with Gasteiger partial charge in [0.2, 0.25) is 5.91 Å².